The van der Waals surface area contributed by atoms with E-state index in [0.717, 1.165) is 30.3 Å². The molecule has 6 heteroatoms. The van der Waals surface area contributed by atoms with Gasteiger partial charge in [-0.1, -0.05) is 12.8 Å². The van der Waals surface area contributed by atoms with Crippen LogP contribution in [0.1, 0.15) is 42.9 Å². The maximum atomic E-state index is 12.2. The van der Waals surface area contributed by atoms with Gasteiger partial charge >= 0.3 is 5.97 Å². The zero-order chi connectivity index (χ0) is 17.6. The predicted octanol–water partition coefficient (Wildman–Crippen LogP) is 1.85. The molecule has 0 amide bonds. The van der Waals surface area contributed by atoms with Crippen molar-refractivity contribution in [3.8, 4) is 0 Å². The molecule has 0 spiro atoms. The van der Waals surface area contributed by atoms with Crippen molar-refractivity contribution in [2.75, 3.05) is 26.2 Å². The number of aromatic nitrogens is 2. The Morgan fingerprint density at radius 1 is 1.20 bits per heavy atom. The third-order valence-corrected chi connectivity index (χ3v) is 6.37. The van der Waals surface area contributed by atoms with Gasteiger partial charge in [0.05, 0.1) is 12.0 Å². The summed E-state index contributed by atoms with van der Waals surface area (Å²) in [5, 5.41) is 10.0. The Balaban J connectivity index is 1.48. The Labute approximate surface area is 149 Å². The van der Waals surface area contributed by atoms with Gasteiger partial charge in [-0.25, -0.2) is 9.97 Å². The molecule has 2 saturated heterocycles. The molecule has 4 rings (SSSR count). The van der Waals surface area contributed by atoms with Gasteiger partial charge in [-0.2, -0.15) is 0 Å². The molecule has 1 saturated carbocycles. The van der Waals surface area contributed by atoms with Gasteiger partial charge in [0, 0.05) is 49.5 Å². The minimum absolute atomic E-state index is 0.219. The number of rotatable bonds is 4. The van der Waals surface area contributed by atoms with Gasteiger partial charge in [0.2, 0.25) is 0 Å². The monoisotopic (exact) mass is 344 g/mol. The van der Waals surface area contributed by atoms with Crippen molar-refractivity contribution in [2.45, 2.75) is 52.1 Å². The molecule has 2 aliphatic heterocycles. The Morgan fingerprint density at radius 3 is 2.48 bits per heavy atom. The fourth-order valence-electron chi connectivity index (χ4n) is 5.25. The second-order valence-corrected chi connectivity index (χ2v) is 8.26. The fraction of sp³-hybridized carbons (Fsp3) is 0.737. The van der Waals surface area contributed by atoms with E-state index in [4.69, 9.17) is 0 Å². The lowest BCUT2D eigenvalue weighted by atomic mass is 9.81. The fourth-order valence-corrected chi connectivity index (χ4v) is 5.25. The van der Waals surface area contributed by atoms with Crippen LogP contribution in [0.25, 0.3) is 0 Å². The largest absolute Gasteiger partial charge is 0.481 e. The van der Waals surface area contributed by atoms with Gasteiger partial charge in [0.15, 0.2) is 0 Å². The van der Waals surface area contributed by atoms with Gasteiger partial charge in [-0.3, -0.25) is 14.6 Å². The number of aryl methyl sites for hydroxylation is 2. The van der Waals surface area contributed by atoms with Crippen molar-refractivity contribution in [1.82, 2.24) is 19.8 Å². The Bertz CT molecular complexity index is 653. The summed E-state index contributed by atoms with van der Waals surface area (Å²) in [6.45, 7) is 7.71. The number of nitrogens with zero attached hydrogens (tertiary/aromatic N) is 4. The predicted molar refractivity (Wildman–Crippen MR) is 94.2 cm³/mol. The number of hydrogen-bond acceptors (Lipinski definition) is 5. The number of carbonyl (C=O) groups is 1. The Hall–Kier alpha value is -1.53. The highest BCUT2D eigenvalue weighted by Gasteiger charge is 2.58. The van der Waals surface area contributed by atoms with Crippen LogP contribution in [-0.2, 0) is 11.3 Å². The number of likely N-dealkylation sites (tertiary alicyclic amines) is 2. The van der Waals surface area contributed by atoms with Crippen LogP contribution in [0.3, 0.4) is 0 Å². The first-order valence-electron chi connectivity index (χ1n) is 9.47. The van der Waals surface area contributed by atoms with Crippen molar-refractivity contribution < 1.29 is 9.90 Å². The second kappa shape index (κ2) is 6.32. The summed E-state index contributed by atoms with van der Waals surface area (Å²) >= 11 is 0. The molecule has 1 aromatic rings. The van der Waals surface area contributed by atoms with E-state index in [1.165, 1.54) is 25.7 Å². The minimum atomic E-state index is -0.623. The molecular formula is C19H28N4O2. The van der Waals surface area contributed by atoms with Crippen molar-refractivity contribution in [2.24, 2.45) is 11.3 Å². The van der Waals surface area contributed by atoms with Crippen molar-refractivity contribution in [1.29, 1.82) is 0 Å². The molecule has 0 unspecified atom stereocenters. The van der Waals surface area contributed by atoms with Crippen LogP contribution in [0.4, 0.5) is 0 Å². The first kappa shape index (κ1) is 16.9. The highest BCUT2D eigenvalue weighted by Crippen LogP contribution is 2.45. The molecule has 136 valence electrons. The van der Waals surface area contributed by atoms with Gasteiger partial charge in [0.1, 0.15) is 5.82 Å². The maximum absolute atomic E-state index is 12.2. The van der Waals surface area contributed by atoms with Crippen LogP contribution in [0.5, 0.6) is 0 Å². The van der Waals surface area contributed by atoms with E-state index in [1.54, 1.807) is 0 Å². The topological polar surface area (TPSA) is 69.6 Å². The molecule has 3 heterocycles. The second-order valence-electron chi connectivity index (χ2n) is 8.26. The van der Waals surface area contributed by atoms with Crippen molar-refractivity contribution in [3.05, 3.63) is 23.3 Å². The summed E-state index contributed by atoms with van der Waals surface area (Å²) < 4.78 is 0. The van der Waals surface area contributed by atoms with Crippen molar-refractivity contribution in [3.63, 3.8) is 0 Å². The SMILES string of the molecule is Cc1cc(C)nc(CN2C[C@H]3CN(C4CCCC4)C[C@@]3(C(=O)O)C2)n1. The van der Waals surface area contributed by atoms with E-state index >= 15 is 0 Å². The summed E-state index contributed by atoms with van der Waals surface area (Å²) in [6.07, 6.45) is 5.06. The van der Waals surface area contributed by atoms with Gasteiger partial charge < -0.3 is 5.11 Å². The molecule has 0 bridgehead atoms. The van der Waals surface area contributed by atoms with Crippen LogP contribution in [-0.4, -0.2) is 63.1 Å². The Morgan fingerprint density at radius 2 is 1.88 bits per heavy atom. The number of carboxylic acids is 1. The van der Waals surface area contributed by atoms with E-state index in [9.17, 15) is 9.90 Å². The molecule has 0 aromatic carbocycles. The quantitative estimate of drug-likeness (QED) is 0.899. The molecule has 0 radical (unpaired) electrons. The lowest BCUT2D eigenvalue weighted by Gasteiger charge is -2.28. The average molecular weight is 344 g/mol. The van der Waals surface area contributed by atoms with Crippen LogP contribution in [0.15, 0.2) is 6.07 Å². The minimum Gasteiger partial charge on any atom is -0.481 e. The third-order valence-electron chi connectivity index (χ3n) is 6.37. The van der Waals surface area contributed by atoms with Gasteiger partial charge in [-0.15, -0.1) is 0 Å². The molecule has 1 aliphatic carbocycles. The zero-order valence-electron chi connectivity index (χ0n) is 15.2. The van der Waals surface area contributed by atoms with Crippen LogP contribution < -0.4 is 0 Å². The molecular weight excluding hydrogens is 316 g/mol. The lowest BCUT2D eigenvalue weighted by Crippen LogP contribution is -2.42. The standard InChI is InChI=1S/C19H28N4O2/c1-13-7-14(2)21-17(20-13)10-22-8-15-9-23(16-5-3-4-6-16)12-19(15,11-22)18(24)25/h7,15-16H,3-6,8-12H2,1-2H3,(H,24,25)/t15-,19-/m0/s1. The highest BCUT2D eigenvalue weighted by atomic mass is 16.4. The molecule has 3 fully saturated rings. The van der Waals surface area contributed by atoms with Gasteiger partial charge in [-0.05, 0) is 32.8 Å². The number of fused-ring (bicyclic) bond motifs is 1. The zero-order valence-corrected chi connectivity index (χ0v) is 15.2. The Kier molecular flexibility index (Phi) is 4.28. The summed E-state index contributed by atoms with van der Waals surface area (Å²) in [4.78, 5) is 26.0. The first-order valence-corrected chi connectivity index (χ1v) is 9.47. The summed E-state index contributed by atoms with van der Waals surface area (Å²) in [5.41, 5.74) is 1.34. The molecule has 6 nitrogen and oxygen atoms in total. The maximum Gasteiger partial charge on any atom is 0.312 e. The third kappa shape index (κ3) is 3.06. The molecule has 25 heavy (non-hydrogen) atoms. The molecule has 2 atom stereocenters. The van der Waals surface area contributed by atoms with E-state index in [0.29, 0.717) is 25.7 Å². The average Bonchev–Trinajstić information content (AvgIpc) is 3.18. The molecule has 1 aromatic heterocycles. The summed E-state index contributed by atoms with van der Waals surface area (Å²) in [7, 11) is 0. The van der Waals surface area contributed by atoms with E-state index in [-0.39, 0.29) is 5.92 Å². The molecule has 3 aliphatic rings. The number of carboxylic acid groups (broad SMARTS) is 1. The lowest BCUT2D eigenvalue weighted by molar-refractivity contribution is -0.149. The van der Waals surface area contributed by atoms with E-state index in [1.807, 2.05) is 19.9 Å². The van der Waals surface area contributed by atoms with Crippen LogP contribution in [0.2, 0.25) is 0 Å². The number of hydrogen-bond donors (Lipinski definition) is 1. The summed E-state index contributed by atoms with van der Waals surface area (Å²) in [6, 6.07) is 2.58. The smallest absolute Gasteiger partial charge is 0.312 e. The van der Waals surface area contributed by atoms with Crippen LogP contribution >= 0.6 is 0 Å². The summed E-state index contributed by atoms with van der Waals surface area (Å²) in [5.74, 6) is 0.406. The van der Waals surface area contributed by atoms with E-state index in [2.05, 4.69) is 19.8 Å². The van der Waals surface area contributed by atoms with Crippen LogP contribution in [0, 0.1) is 25.2 Å². The highest BCUT2D eigenvalue weighted by molar-refractivity contribution is 5.77. The molecule has 1 N–H and O–H groups in total. The van der Waals surface area contributed by atoms with Crippen molar-refractivity contribution >= 4 is 5.97 Å². The first-order chi connectivity index (χ1) is 12.0. The normalized spacial score (nSPS) is 30.9. The number of aliphatic carboxylic acids is 1. The van der Waals surface area contributed by atoms with E-state index < -0.39 is 11.4 Å². The van der Waals surface area contributed by atoms with Gasteiger partial charge in [0.25, 0.3) is 0 Å².